The molecule has 0 aromatic heterocycles. The predicted octanol–water partition coefficient (Wildman–Crippen LogP) is 3.77. The summed E-state index contributed by atoms with van der Waals surface area (Å²) in [4.78, 5) is 24.1. The van der Waals surface area contributed by atoms with Crippen molar-refractivity contribution in [2.24, 2.45) is 23.7 Å². The zero-order valence-corrected chi connectivity index (χ0v) is 16.6. The molecule has 144 valence electrons. The number of carbonyl (C=O) groups is 2. The van der Waals surface area contributed by atoms with E-state index in [2.05, 4.69) is 26.1 Å². The molecule has 1 N–H and O–H groups in total. The molecule has 26 heavy (non-hydrogen) atoms. The first kappa shape index (κ1) is 20.5. The van der Waals surface area contributed by atoms with Crippen LogP contribution in [0.15, 0.2) is 24.3 Å². The van der Waals surface area contributed by atoms with Gasteiger partial charge >= 0.3 is 5.97 Å². The molecule has 1 aliphatic rings. The zero-order chi connectivity index (χ0) is 19.1. The van der Waals surface area contributed by atoms with Crippen LogP contribution in [-0.4, -0.2) is 25.5 Å². The molecule has 1 unspecified atom stereocenters. The maximum absolute atomic E-state index is 12.7. The van der Waals surface area contributed by atoms with Crippen LogP contribution in [0, 0.1) is 23.7 Å². The van der Waals surface area contributed by atoms with E-state index in [-0.39, 0.29) is 24.2 Å². The highest BCUT2D eigenvalue weighted by Gasteiger charge is 2.35. The monoisotopic (exact) mass is 359 g/mol. The fourth-order valence-corrected chi connectivity index (χ4v) is 4.10. The third-order valence-corrected chi connectivity index (χ3v) is 5.64. The number of rotatable bonds is 7. The van der Waals surface area contributed by atoms with Gasteiger partial charge in [0.1, 0.15) is 0 Å². The molecule has 1 saturated carbocycles. The molecule has 1 aromatic rings. The first-order chi connectivity index (χ1) is 12.4. The Bertz CT molecular complexity index is 611. The molecule has 0 aliphatic heterocycles. The van der Waals surface area contributed by atoms with Gasteiger partial charge in [0.25, 0.3) is 0 Å². The van der Waals surface area contributed by atoms with E-state index >= 15 is 0 Å². The molecule has 0 bridgehead atoms. The fourth-order valence-electron chi connectivity index (χ4n) is 4.10. The summed E-state index contributed by atoms with van der Waals surface area (Å²) < 4.78 is 4.72. The first-order valence-corrected chi connectivity index (χ1v) is 9.83. The van der Waals surface area contributed by atoms with E-state index in [0.717, 1.165) is 30.4 Å². The van der Waals surface area contributed by atoms with Crippen LogP contribution in [-0.2, 0) is 27.2 Å². The molecule has 1 aromatic carbocycles. The van der Waals surface area contributed by atoms with Gasteiger partial charge in [-0.2, -0.15) is 0 Å². The van der Waals surface area contributed by atoms with Crippen molar-refractivity contribution in [3.63, 3.8) is 0 Å². The van der Waals surface area contributed by atoms with E-state index in [4.69, 9.17) is 4.74 Å². The van der Waals surface area contributed by atoms with Crippen LogP contribution in [0.2, 0.25) is 0 Å². The van der Waals surface area contributed by atoms with Crippen molar-refractivity contribution < 1.29 is 14.3 Å². The number of esters is 1. The van der Waals surface area contributed by atoms with Crippen molar-refractivity contribution in [1.29, 1.82) is 0 Å². The van der Waals surface area contributed by atoms with E-state index in [9.17, 15) is 9.59 Å². The number of carbonyl (C=O) groups excluding carboxylic acids is 2. The van der Waals surface area contributed by atoms with Crippen molar-refractivity contribution in [3.05, 3.63) is 35.4 Å². The Morgan fingerprint density at radius 2 is 1.96 bits per heavy atom. The third-order valence-electron chi connectivity index (χ3n) is 5.64. The van der Waals surface area contributed by atoms with Gasteiger partial charge in [-0.3, -0.25) is 9.59 Å². The average Bonchev–Trinajstić information content (AvgIpc) is 2.61. The summed E-state index contributed by atoms with van der Waals surface area (Å²) in [7, 11) is 1.40. The quantitative estimate of drug-likeness (QED) is 0.754. The number of ether oxygens (including phenoxy) is 1. The first-order valence-electron chi connectivity index (χ1n) is 9.83. The van der Waals surface area contributed by atoms with Gasteiger partial charge in [-0.15, -0.1) is 0 Å². The number of amides is 1. The summed E-state index contributed by atoms with van der Waals surface area (Å²) in [5.74, 6) is 1.80. The summed E-state index contributed by atoms with van der Waals surface area (Å²) in [5, 5.41) is 3.15. The van der Waals surface area contributed by atoms with Gasteiger partial charge in [0.2, 0.25) is 5.91 Å². The summed E-state index contributed by atoms with van der Waals surface area (Å²) in [6.45, 7) is 7.35. The summed E-state index contributed by atoms with van der Waals surface area (Å²) in [5.41, 5.74) is 2.07. The number of hydrogen-bond donors (Lipinski definition) is 1. The third kappa shape index (κ3) is 5.86. The molecule has 4 heteroatoms. The second-order valence-corrected chi connectivity index (χ2v) is 8.05. The number of benzene rings is 1. The lowest BCUT2D eigenvalue weighted by atomic mass is 9.70. The van der Waals surface area contributed by atoms with Gasteiger partial charge in [-0.05, 0) is 48.1 Å². The molecule has 1 aliphatic carbocycles. The Morgan fingerprint density at radius 1 is 1.23 bits per heavy atom. The van der Waals surface area contributed by atoms with E-state index in [1.54, 1.807) is 0 Å². The van der Waals surface area contributed by atoms with Crippen LogP contribution in [0.25, 0.3) is 0 Å². The standard InChI is InChI=1S/C22H33NO3/c1-15(2)19-9-8-16(3)12-20(19)22(25)23-11-10-17-6-5-7-18(13-17)14-21(24)26-4/h5-7,13,15-16,19-20H,8-12,14H2,1-4H3,(H,23,25)/t16?,19-,20+/m0/s1. The molecular weight excluding hydrogens is 326 g/mol. The lowest BCUT2D eigenvalue weighted by Crippen LogP contribution is -2.40. The van der Waals surface area contributed by atoms with E-state index in [1.807, 2.05) is 24.3 Å². The molecule has 0 heterocycles. The van der Waals surface area contributed by atoms with Crippen molar-refractivity contribution in [1.82, 2.24) is 5.32 Å². The van der Waals surface area contributed by atoms with Crippen molar-refractivity contribution in [3.8, 4) is 0 Å². The highest BCUT2D eigenvalue weighted by atomic mass is 16.5. The normalized spacial score (nSPS) is 22.9. The Morgan fingerprint density at radius 3 is 2.65 bits per heavy atom. The van der Waals surface area contributed by atoms with Crippen LogP contribution in [0.5, 0.6) is 0 Å². The van der Waals surface area contributed by atoms with Crippen LogP contribution in [0.1, 0.15) is 51.2 Å². The molecule has 0 radical (unpaired) electrons. The highest BCUT2D eigenvalue weighted by Crippen LogP contribution is 2.38. The summed E-state index contributed by atoms with van der Waals surface area (Å²) >= 11 is 0. The minimum Gasteiger partial charge on any atom is -0.469 e. The summed E-state index contributed by atoms with van der Waals surface area (Å²) in [6, 6.07) is 7.93. The number of hydrogen-bond acceptors (Lipinski definition) is 3. The van der Waals surface area contributed by atoms with Gasteiger partial charge in [-0.1, -0.05) is 51.5 Å². The average molecular weight is 360 g/mol. The van der Waals surface area contributed by atoms with E-state index < -0.39 is 0 Å². The van der Waals surface area contributed by atoms with E-state index in [0.29, 0.717) is 24.3 Å². The fraction of sp³-hybridized carbons (Fsp3) is 0.636. The molecular formula is C22H33NO3. The molecule has 1 amide bonds. The minimum absolute atomic E-state index is 0.143. The highest BCUT2D eigenvalue weighted by molar-refractivity contribution is 5.79. The molecule has 0 saturated heterocycles. The van der Waals surface area contributed by atoms with Crippen molar-refractivity contribution in [2.75, 3.05) is 13.7 Å². The van der Waals surface area contributed by atoms with Gasteiger partial charge in [0.05, 0.1) is 13.5 Å². The lowest BCUT2D eigenvalue weighted by molar-refractivity contribution is -0.139. The zero-order valence-electron chi connectivity index (χ0n) is 16.6. The largest absolute Gasteiger partial charge is 0.469 e. The van der Waals surface area contributed by atoms with Gasteiger partial charge in [0.15, 0.2) is 0 Å². The molecule has 2 rings (SSSR count). The van der Waals surface area contributed by atoms with Gasteiger partial charge < -0.3 is 10.1 Å². The van der Waals surface area contributed by atoms with Crippen molar-refractivity contribution >= 4 is 11.9 Å². The van der Waals surface area contributed by atoms with Crippen LogP contribution in [0.4, 0.5) is 0 Å². The predicted molar refractivity (Wildman–Crippen MR) is 104 cm³/mol. The Balaban J connectivity index is 1.87. The molecule has 3 atom stereocenters. The number of nitrogens with one attached hydrogen (secondary N) is 1. The van der Waals surface area contributed by atoms with Gasteiger partial charge in [0, 0.05) is 12.5 Å². The van der Waals surface area contributed by atoms with Crippen LogP contribution < -0.4 is 5.32 Å². The van der Waals surface area contributed by atoms with E-state index in [1.165, 1.54) is 13.5 Å². The van der Waals surface area contributed by atoms with Crippen molar-refractivity contribution in [2.45, 2.75) is 52.9 Å². The Hall–Kier alpha value is -1.84. The lowest BCUT2D eigenvalue weighted by Gasteiger charge is -2.36. The van der Waals surface area contributed by atoms with Crippen LogP contribution in [0.3, 0.4) is 0 Å². The molecule has 0 spiro atoms. The van der Waals surface area contributed by atoms with Crippen LogP contribution >= 0.6 is 0 Å². The SMILES string of the molecule is COC(=O)Cc1cccc(CCNC(=O)[C@@H]2CC(C)CC[C@H]2C(C)C)c1. The maximum Gasteiger partial charge on any atom is 0.309 e. The topological polar surface area (TPSA) is 55.4 Å². The molecule has 4 nitrogen and oxygen atoms in total. The smallest absolute Gasteiger partial charge is 0.309 e. The Kier molecular flexibility index (Phi) is 7.67. The summed E-state index contributed by atoms with van der Waals surface area (Å²) in [6.07, 6.45) is 4.46. The van der Waals surface area contributed by atoms with Gasteiger partial charge in [-0.25, -0.2) is 0 Å². The Labute approximate surface area is 157 Å². The number of methoxy groups -OCH3 is 1. The second kappa shape index (κ2) is 9.75. The second-order valence-electron chi connectivity index (χ2n) is 8.05. The maximum atomic E-state index is 12.7. The molecule has 1 fully saturated rings. The minimum atomic E-state index is -0.235.